The Labute approximate surface area is 223 Å². The second-order valence-corrected chi connectivity index (χ2v) is 15.3. The van der Waals surface area contributed by atoms with E-state index in [9.17, 15) is 21.4 Å². The Morgan fingerprint density at radius 2 is 1.70 bits per heavy atom. The highest BCUT2D eigenvalue weighted by Crippen LogP contribution is 2.67. The zero-order chi connectivity index (χ0) is 27.2. The van der Waals surface area contributed by atoms with Gasteiger partial charge in [0, 0.05) is 0 Å². The molecule has 3 fully saturated rings. The van der Waals surface area contributed by atoms with Crippen LogP contribution in [0.2, 0.25) is 0 Å². The molecule has 4 aliphatic carbocycles. The van der Waals surface area contributed by atoms with Crippen molar-refractivity contribution in [1.82, 2.24) is 0 Å². The van der Waals surface area contributed by atoms with Crippen molar-refractivity contribution in [1.29, 1.82) is 0 Å². The van der Waals surface area contributed by atoms with Crippen LogP contribution >= 0.6 is 0 Å². The van der Waals surface area contributed by atoms with Crippen molar-refractivity contribution in [3.8, 4) is 0 Å². The first-order valence-corrected chi connectivity index (χ1v) is 16.8. The molecule has 8 nitrogen and oxygen atoms in total. The molecule has 0 spiro atoms. The molecule has 0 bridgehead atoms. The fraction of sp³-hybridized carbons (Fsp3) is 0.926. The average Bonchev–Trinajstić information content (AvgIpc) is 3.11. The van der Waals surface area contributed by atoms with Gasteiger partial charge in [0.2, 0.25) is 0 Å². The Kier molecular flexibility index (Phi) is 8.60. The van der Waals surface area contributed by atoms with Crippen LogP contribution in [0.3, 0.4) is 0 Å². The van der Waals surface area contributed by atoms with E-state index in [0.717, 1.165) is 57.8 Å². The summed E-state index contributed by atoms with van der Waals surface area (Å²) in [4.78, 5) is 0. The SMILES string of the molecule is CC(C)CCC[C@@H](COS(=O)(=O)O)[C@H]1CC[C@H]2[C@@H]3CC=C4C[C@@H](OS(=O)(=O)O)CC[C@]4(C)[C@H]3CC[C@]12C. The molecule has 0 aliphatic heterocycles. The van der Waals surface area contributed by atoms with Gasteiger partial charge in [0.1, 0.15) is 0 Å². The van der Waals surface area contributed by atoms with Crippen LogP contribution < -0.4 is 0 Å². The largest absolute Gasteiger partial charge is 0.397 e. The molecule has 0 unspecified atom stereocenters. The second kappa shape index (κ2) is 10.8. The molecule has 4 aliphatic rings. The highest BCUT2D eigenvalue weighted by Gasteiger charge is 2.59. The number of allylic oxidation sites excluding steroid dienone is 1. The van der Waals surface area contributed by atoms with Crippen molar-refractivity contribution < 1.29 is 34.3 Å². The van der Waals surface area contributed by atoms with E-state index in [0.29, 0.717) is 42.4 Å². The number of hydrogen-bond donors (Lipinski definition) is 2. The smallest absolute Gasteiger partial charge is 0.264 e. The van der Waals surface area contributed by atoms with Gasteiger partial charge in [-0.15, -0.1) is 0 Å². The molecule has 0 radical (unpaired) electrons. The van der Waals surface area contributed by atoms with E-state index in [-0.39, 0.29) is 23.4 Å². The lowest BCUT2D eigenvalue weighted by molar-refractivity contribution is -0.0605. The van der Waals surface area contributed by atoms with Crippen molar-refractivity contribution in [3.05, 3.63) is 11.6 Å². The zero-order valence-electron chi connectivity index (χ0n) is 22.8. The first kappa shape index (κ1) is 29.5. The number of fused-ring (bicyclic) bond motifs is 5. The van der Waals surface area contributed by atoms with Crippen molar-refractivity contribution in [2.75, 3.05) is 6.61 Å². The molecular weight excluding hydrogens is 516 g/mol. The summed E-state index contributed by atoms with van der Waals surface area (Å²) in [6, 6.07) is 0. The zero-order valence-corrected chi connectivity index (χ0v) is 24.4. The first-order chi connectivity index (χ1) is 17.1. The Morgan fingerprint density at radius 1 is 0.973 bits per heavy atom. The molecule has 3 saturated carbocycles. The molecule has 0 heterocycles. The summed E-state index contributed by atoms with van der Waals surface area (Å²) in [6.45, 7) is 9.20. The molecule has 2 N–H and O–H groups in total. The standard InChI is InChI=1S/C27H46O8S2/c1-18(2)6-5-7-19(17-34-36(28,29)30)23-10-11-24-22-9-8-20-16-21(35-37(31,32)33)12-14-26(20,3)25(22)13-15-27(23,24)4/h8,18-19,21-25H,5-7,9-17H2,1-4H3,(H,28,29,30)(H,31,32,33)/t19-,21-,22-,23+,24-,25-,26-,27+/m0/s1. The summed E-state index contributed by atoms with van der Waals surface area (Å²) in [5, 5.41) is 0. The summed E-state index contributed by atoms with van der Waals surface area (Å²) in [5.74, 6) is 2.69. The summed E-state index contributed by atoms with van der Waals surface area (Å²) >= 11 is 0. The molecule has 8 atom stereocenters. The molecule has 0 aromatic rings. The van der Waals surface area contributed by atoms with Crippen molar-refractivity contribution >= 4 is 20.8 Å². The molecular formula is C27H46O8S2. The summed E-state index contributed by atoms with van der Waals surface area (Å²) in [7, 11) is -8.92. The molecule has 0 saturated heterocycles. The van der Waals surface area contributed by atoms with Crippen LogP contribution in [-0.4, -0.2) is 38.7 Å². The number of rotatable bonds is 10. The number of hydrogen-bond acceptors (Lipinski definition) is 6. The van der Waals surface area contributed by atoms with E-state index >= 15 is 0 Å². The third-order valence-electron chi connectivity index (χ3n) is 10.7. The second-order valence-electron chi connectivity index (χ2n) is 13.2. The fourth-order valence-electron chi connectivity index (χ4n) is 9.06. The monoisotopic (exact) mass is 562 g/mol. The van der Waals surface area contributed by atoms with Gasteiger partial charge in [-0.2, -0.15) is 16.8 Å². The van der Waals surface area contributed by atoms with Gasteiger partial charge in [-0.1, -0.05) is 52.2 Å². The van der Waals surface area contributed by atoms with Gasteiger partial charge in [0.25, 0.3) is 0 Å². The van der Waals surface area contributed by atoms with Gasteiger partial charge >= 0.3 is 20.8 Å². The van der Waals surface area contributed by atoms with E-state index in [1.54, 1.807) is 0 Å². The van der Waals surface area contributed by atoms with Gasteiger partial charge < -0.3 is 0 Å². The van der Waals surface area contributed by atoms with Crippen LogP contribution in [0.1, 0.15) is 98.3 Å². The maximum Gasteiger partial charge on any atom is 0.397 e. The Bertz CT molecular complexity index is 1070. The van der Waals surface area contributed by atoms with E-state index in [1.807, 2.05) is 0 Å². The predicted octanol–water partition coefficient (Wildman–Crippen LogP) is 6.02. The maximum atomic E-state index is 11.4. The quantitative estimate of drug-likeness (QED) is 0.245. The lowest BCUT2D eigenvalue weighted by Crippen LogP contribution is -2.51. The van der Waals surface area contributed by atoms with Gasteiger partial charge in [0.05, 0.1) is 12.7 Å². The molecule has 0 amide bonds. The normalized spacial score (nSPS) is 39.0. The average molecular weight is 563 g/mol. The van der Waals surface area contributed by atoms with Gasteiger partial charge in [-0.05, 0) is 104 Å². The van der Waals surface area contributed by atoms with Gasteiger partial charge in [-0.25, -0.2) is 8.37 Å². The van der Waals surface area contributed by atoms with E-state index in [4.69, 9.17) is 12.9 Å². The maximum absolute atomic E-state index is 11.4. The van der Waals surface area contributed by atoms with Crippen molar-refractivity contribution in [3.63, 3.8) is 0 Å². The Balaban J connectivity index is 1.52. The van der Waals surface area contributed by atoms with Crippen LogP contribution in [-0.2, 0) is 29.2 Å². The highest BCUT2D eigenvalue weighted by molar-refractivity contribution is 7.81. The molecule has 10 heteroatoms. The predicted molar refractivity (Wildman–Crippen MR) is 141 cm³/mol. The molecule has 0 aromatic heterocycles. The Morgan fingerprint density at radius 3 is 2.35 bits per heavy atom. The van der Waals surface area contributed by atoms with Crippen LogP contribution in [0.5, 0.6) is 0 Å². The van der Waals surface area contributed by atoms with E-state index < -0.39 is 26.9 Å². The topological polar surface area (TPSA) is 127 Å². The summed E-state index contributed by atoms with van der Waals surface area (Å²) in [6.07, 6.45) is 12.2. The minimum atomic E-state index is -4.47. The molecule has 4 rings (SSSR count). The van der Waals surface area contributed by atoms with Crippen LogP contribution in [0.15, 0.2) is 11.6 Å². The van der Waals surface area contributed by atoms with E-state index in [2.05, 4.69) is 33.8 Å². The lowest BCUT2D eigenvalue weighted by Gasteiger charge is -2.58. The minimum Gasteiger partial charge on any atom is -0.264 e. The molecule has 0 aromatic carbocycles. The van der Waals surface area contributed by atoms with Crippen molar-refractivity contribution in [2.24, 2.45) is 46.3 Å². The summed E-state index contributed by atoms with van der Waals surface area (Å²) in [5.41, 5.74) is 1.41. The van der Waals surface area contributed by atoms with Crippen LogP contribution in [0.25, 0.3) is 0 Å². The third-order valence-corrected chi connectivity index (χ3v) is 11.7. The molecule has 37 heavy (non-hydrogen) atoms. The summed E-state index contributed by atoms with van der Waals surface area (Å²) < 4.78 is 73.7. The van der Waals surface area contributed by atoms with Gasteiger partial charge in [0.15, 0.2) is 0 Å². The Hall–Kier alpha value is -0.520. The first-order valence-electron chi connectivity index (χ1n) is 14.1. The fourth-order valence-corrected chi connectivity index (χ4v) is 9.91. The van der Waals surface area contributed by atoms with Crippen molar-refractivity contribution in [2.45, 2.75) is 104 Å². The van der Waals surface area contributed by atoms with Crippen LogP contribution in [0, 0.1) is 46.3 Å². The highest BCUT2D eigenvalue weighted by atomic mass is 32.3. The van der Waals surface area contributed by atoms with E-state index in [1.165, 1.54) is 5.57 Å². The lowest BCUT2D eigenvalue weighted by atomic mass is 9.47. The molecule has 214 valence electrons. The van der Waals surface area contributed by atoms with Gasteiger partial charge in [-0.3, -0.25) is 9.11 Å². The third kappa shape index (κ3) is 6.46. The minimum absolute atomic E-state index is 0.0200. The van der Waals surface area contributed by atoms with Crippen LogP contribution in [0.4, 0.5) is 0 Å².